The molecule has 4 aromatic rings. The van der Waals surface area contributed by atoms with Gasteiger partial charge < -0.3 is 15.4 Å². The maximum Gasteiger partial charge on any atom is 0.262 e. The fourth-order valence-electron chi connectivity index (χ4n) is 3.54. The Labute approximate surface area is 200 Å². The molecule has 0 unspecified atom stereocenters. The van der Waals surface area contributed by atoms with Crippen LogP contribution < -0.4 is 15.4 Å². The summed E-state index contributed by atoms with van der Waals surface area (Å²) in [6.07, 6.45) is 0. The number of anilines is 1. The van der Waals surface area contributed by atoms with E-state index < -0.39 is 0 Å². The van der Waals surface area contributed by atoms with Crippen LogP contribution in [-0.4, -0.2) is 18.4 Å². The van der Waals surface area contributed by atoms with Gasteiger partial charge in [0, 0.05) is 0 Å². The molecule has 0 heterocycles. The quantitative estimate of drug-likeness (QED) is 0.320. The van der Waals surface area contributed by atoms with Crippen LogP contribution in [0.1, 0.15) is 28.9 Å². The summed E-state index contributed by atoms with van der Waals surface area (Å²) in [7, 11) is 0. The highest BCUT2D eigenvalue weighted by Crippen LogP contribution is 2.33. The van der Waals surface area contributed by atoms with Gasteiger partial charge in [-0.1, -0.05) is 72.8 Å². The Kier molecular flexibility index (Phi) is 7.05. The topological polar surface area (TPSA) is 67.4 Å². The molecule has 33 heavy (non-hydrogen) atoms. The smallest absolute Gasteiger partial charge is 0.262 e. The number of fused-ring (bicyclic) bond motifs is 1. The van der Waals surface area contributed by atoms with Crippen molar-refractivity contribution < 1.29 is 14.3 Å². The Hall–Kier alpha value is -3.64. The number of para-hydroxylation sites is 1. The first-order valence-corrected chi connectivity index (χ1v) is 11.4. The number of carbonyl (C=O) groups is 2. The molecule has 0 spiro atoms. The molecule has 0 aliphatic heterocycles. The highest BCUT2D eigenvalue weighted by atomic mass is 79.9. The maximum atomic E-state index is 12.9. The molecular weight excluding hydrogens is 480 g/mol. The molecule has 2 amide bonds. The van der Waals surface area contributed by atoms with Gasteiger partial charge in [-0.25, -0.2) is 0 Å². The first-order valence-electron chi connectivity index (χ1n) is 10.6. The molecule has 0 saturated heterocycles. The molecule has 0 radical (unpaired) electrons. The molecule has 1 atom stereocenters. The summed E-state index contributed by atoms with van der Waals surface area (Å²) in [5.41, 5.74) is 1.82. The monoisotopic (exact) mass is 502 g/mol. The number of amides is 2. The second-order valence-electron chi connectivity index (χ2n) is 7.59. The first kappa shape index (κ1) is 22.6. The van der Waals surface area contributed by atoms with Gasteiger partial charge in [0.25, 0.3) is 11.8 Å². The van der Waals surface area contributed by atoms with E-state index in [0.717, 1.165) is 20.8 Å². The summed E-state index contributed by atoms with van der Waals surface area (Å²) < 4.78 is 6.54. The Balaban J connectivity index is 1.42. The number of rotatable bonds is 7. The van der Waals surface area contributed by atoms with E-state index >= 15 is 0 Å². The fourth-order valence-corrected chi connectivity index (χ4v) is 4.15. The van der Waals surface area contributed by atoms with Crippen LogP contribution in [0, 0.1) is 0 Å². The minimum absolute atomic E-state index is 0.170. The van der Waals surface area contributed by atoms with Crippen LogP contribution in [0.5, 0.6) is 5.75 Å². The summed E-state index contributed by atoms with van der Waals surface area (Å²) in [6.45, 7) is 1.73. The van der Waals surface area contributed by atoms with Crippen LogP contribution in [0.4, 0.5) is 5.69 Å². The van der Waals surface area contributed by atoms with Crippen LogP contribution in [0.15, 0.2) is 95.5 Å². The van der Waals surface area contributed by atoms with Crippen molar-refractivity contribution in [2.75, 3.05) is 11.9 Å². The normalized spacial score (nSPS) is 11.6. The highest BCUT2D eigenvalue weighted by molar-refractivity contribution is 9.10. The summed E-state index contributed by atoms with van der Waals surface area (Å²) in [5.74, 6) is -0.0431. The Morgan fingerprint density at radius 2 is 1.58 bits per heavy atom. The van der Waals surface area contributed by atoms with Crippen molar-refractivity contribution in [3.63, 3.8) is 0 Å². The van der Waals surface area contributed by atoms with Crippen molar-refractivity contribution in [1.29, 1.82) is 0 Å². The molecule has 0 fully saturated rings. The van der Waals surface area contributed by atoms with E-state index in [-0.39, 0.29) is 24.5 Å². The van der Waals surface area contributed by atoms with Gasteiger partial charge in [-0.2, -0.15) is 0 Å². The number of hydrogen-bond acceptors (Lipinski definition) is 3. The van der Waals surface area contributed by atoms with E-state index in [0.29, 0.717) is 17.0 Å². The molecule has 0 aromatic heterocycles. The lowest BCUT2D eigenvalue weighted by atomic mass is 10.1. The third-order valence-electron chi connectivity index (χ3n) is 5.28. The van der Waals surface area contributed by atoms with Gasteiger partial charge in [-0.3, -0.25) is 9.59 Å². The van der Waals surface area contributed by atoms with E-state index in [1.165, 1.54) is 0 Å². The Morgan fingerprint density at radius 3 is 2.39 bits per heavy atom. The van der Waals surface area contributed by atoms with Crippen LogP contribution in [-0.2, 0) is 4.79 Å². The first-order chi connectivity index (χ1) is 16.0. The van der Waals surface area contributed by atoms with Gasteiger partial charge >= 0.3 is 0 Å². The van der Waals surface area contributed by atoms with E-state index in [2.05, 4.69) is 26.6 Å². The van der Waals surface area contributed by atoms with Crippen LogP contribution in [0.25, 0.3) is 10.8 Å². The van der Waals surface area contributed by atoms with E-state index in [1.54, 1.807) is 24.3 Å². The van der Waals surface area contributed by atoms with E-state index in [4.69, 9.17) is 4.74 Å². The van der Waals surface area contributed by atoms with E-state index in [9.17, 15) is 9.59 Å². The van der Waals surface area contributed by atoms with Crippen LogP contribution in [0.3, 0.4) is 0 Å². The summed E-state index contributed by atoms with van der Waals surface area (Å²) in [6, 6.07) is 28.1. The van der Waals surface area contributed by atoms with Crippen molar-refractivity contribution in [2.45, 2.75) is 13.0 Å². The standard InChI is InChI=1S/C27H23BrN2O3/c1-18(19-9-3-2-4-10-19)29-27(32)22-13-7-8-14-23(22)30-25(31)17-33-24-16-15-20-11-5-6-12-21(20)26(24)28/h2-16,18H,17H2,1H3,(H,29,32)(H,30,31)/t18-/m1/s1. The van der Waals surface area contributed by atoms with Crippen molar-refractivity contribution in [2.24, 2.45) is 0 Å². The van der Waals surface area contributed by atoms with Gasteiger partial charge in [-0.15, -0.1) is 0 Å². The molecule has 0 bridgehead atoms. The molecule has 166 valence electrons. The molecular formula is C27H23BrN2O3. The SMILES string of the molecule is C[C@@H](NC(=O)c1ccccc1NC(=O)COc1ccc2ccccc2c1Br)c1ccccc1. The maximum absolute atomic E-state index is 12.9. The Morgan fingerprint density at radius 1 is 0.879 bits per heavy atom. The molecule has 0 aliphatic carbocycles. The number of nitrogens with one attached hydrogen (secondary N) is 2. The minimum atomic E-state index is -0.355. The van der Waals surface area contributed by atoms with Gasteiger partial charge in [-0.05, 0) is 57.4 Å². The molecule has 2 N–H and O–H groups in total. The third kappa shape index (κ3) is 5.41. The largest absolute Gasteiger partial charge is 0.483 e. The van der Waals surface area contributed by atoms with Crippen LogP contribution >= 0.6 is 15.9 Å². The second kappa shape index (κ2) is 10.3. The number of halogens is 1. The van der Waals surface area contributed by atoms with Crippen molar-refractivity contribution in [3.8, 4) is 5.75 Å². The zero-order valence-corrected chi connectivity index (χ0v) is 19.6. The number of hydrogen-bond donors (Lipinski definition) is 2. The lowest BCUT2D eigenvalue weighted by Gasteiger charge is -2.16. The lowest BCUT2D eigenvalue weighted by molar-refractivity contribution is -0.118. The number of carbonyl (C=O) groups excluding carboxylic acids is 2. The fraction of sp³-hybridized carbons (Fsp3) is 0.111. The van der Waals surface area contributed by atoms with Crippen molar-refractivity contribution in [1.82, 2.24) is 5.32 Å². The molecule has 0 saturated carbocycles. The summed E-state index contributed by atoms with van der Waals surface area (Å²) in [5, 5.41) is 7.85. The highest BCUT2D eigenvalue weighted by Gasteiger charge is 2.16. The number of benzene rings is 4. The number of ether oxygens (including phenoxy) is 1. The van der Waals surface area contributed by atoms with E-state index in [1.807, 2.05) is 73.7 Å². The predicted molar refractivity (Wildman–Crippen MR) is 135 cm³/mol. The molecule has 6 heteroatoms. The van der Waals surface area contributed by atoms with Gasteiger partial charge in [0.2, 0.25) is 0 Å². The lowest BCUT2D eigenvalue weighted by Crippen LogP contribution is -2.28. The van der Waals surface area contributed by atoms with Gasteiger partial charge in [0.05, 0.1) is 21.8 Å². The zero-order valence-electron chi connectivity index (χ0n) is 18.0. The zero-order chi connectivity index (χ0) is 23.2. The average Bonchev–Trinajstić information content (AvgIpc) is 2.84. The predicted octanol–water partition coefficient (Wildman–Crippen LogP) is 6.11. The summed E-state index contributed by atoms with van der Waals surface area (Å²) in [4.78, 5) is 25.5. The van der Waals surface area contributed by atoms with Crippen LogP contribution in [0.2, 0.25) is 0 Å². The molecule has 4 aromatic carbocycles. The van der Waals surface area contributed by atoms with Crippen molar-refractivity contribution in [3.05, 3.63) is 107 Å². The average molecular weight is 503 g/mol. The molecule has 0 aliphatic rings. The van der Waals surface area contributed by atoms with Gasteiger partial charge in [0.1, 0.15) is 5.75 Å². The van der Waals surface area contributed by atoms with Gasteiger partial charge in [0.15, 0.2) is 6.61 Å². The summed E-state index contributed by atoms with van der Waals surface area (Å²) >= 11 is 3.56. The second-order valence-corrected chi connectivity index (χ2v) is 8.38. The van der Waals surface area contributed by atoms with Crippen molar-refractivity contribution >= 4 is 44.2 Å². The molecule has 4 rings (SSSR count). The minimum Gasteiger partial charge on any atom is -0.483 e. The Bertz CT molecular complexity index is 1290. The third-order valence-corrected chi connectivity index (χ3v) is 6.10. The molecule has 5 nitrogen and oxygen atoms in total.